The summed E-state index contributed by atoms with van der Waals surface area (Å²) < 4.78 is 19.9. The van der Waals surface area contributed by atoms with Crippen molar-refractivity contribution in [1.29, 1.82) is 0 Å². The van der Waals surface area contributed by atoms with E-state index in [2.05, 4.69) is 21.2 Å². The molecule has 0 unspecified atom stereocenters. The molecule has 0 spiro atoms. The number of phenolic OH excluding ortho intramolecular Hbond substituents is 1. The van der Waals surface area contributed by atoms with E-state index in [1.165, 1.54) is 36.4 Å². The maximum atomic E-state index is 14.2. The van der Waals surface area contributed by atoms with Crippen molar-refractivity contribution in [2.45, 2.75) is 6.92 Å². The molecule has 0 radical (unpaired) electrons. The maximum Gasteiger partial charge on any atom is 0.270 e. The van der Waals surface area contributed by atoms with Crippen LogP contribution in [0.4, 0.5) is 10.1 Å². The number of hydrogen-bond donors (Lipinski definition) is 2. The first-order chi connectivity index (χ1) is 13.3. The number of ether oxygens (including phenoxy) is 1. The van der Waals surface area contributed by atoms with Gasteiger partial charge in [-0.05, 0) is 55.0 Å². The summed E-state index contributed by atoms with van der Waals surface area (Å²) in [5.41, 5.74) is 0.106. The average Bonchev–Trinajstić information content (AvgIpc) is 2.63. The SMILES string of the molecule is CCOc1cc(/C=C2\C(=O)NC(=S)N(c3ccccc3F)C2=O)c(Br)cc1O. The molecule has 2 aromatic carbocycles. The van der Waals surface area contributed by atoms with Crippen LogP contribution in [0.5, 0.6) is 11.5 Å². The summed E-state index contributed by atoms with van der Waals surface area (Å²) in [6.07, 6.45) is 1.32. The van der Waals surface area contributed by atoms with E-state index >= 15 is 0 Å². The van der Waals surface area contributed by atoms with Gasteiger partial charge in [0.2, 0.25) is 0 Å². The fourth-order valence-corrected chi connectivity index (χ4v) is 3.32. The molecule has 2 amide bonds. The van der Waals surface area contributed by atoms with Crippen LogP contribution in [0.2, 0.25) is 0 Å². The number of anilines is 1. The predicted molar refractivity (Wildman–Crippen MR) is 110 cm³/mol. The van der Waals surface area contributed by atoms with Gasteiger partial charge < -0.3 is 9.84 Å². The highest BCUT2D eigenvalue weighted by Crippen LogP contribution is 2.34. The van der Waals surface area contributed by atoms with Gasteiger partial charge in [0.05, 0.1) is 12.3 Å². The monoisotopic (exact) mass is 464 g/mol. The maximum absolute atomic E-state index is 14.2. The molecule has 1 heterocycles. The molecule has 2 N–H and O–H groups in total. The number of phenols is 1. The van der Waals surface area contributed by atoms with Gasteiger partial charge in [0.25, 0.3) is 11.8 Å². The largest absolute Gasteiger partial charge is 0.504 e. The Morgan fingerprint density at radius 3 is 2.71 bits per heavy atom. The first-order valence-corrected chi connectivity index (χ1v) is 9.35. The van der Waals surface area contributed by atoms with Crippen LogP contribution in [-0.4, -0.2) is 28.6 Å². The Hall–Kier alpha value is -2.78. The van der Waals surface area contributed by atoms with Crippen molar-refractivity contribution in [3.8, 4) is 11.5 Å². The number of para-hydroxylation sites is 1. The number of benzene rings is 2. The van der Waals surface area contributed by atoms with Gasteiger partial charge >= 0.3 is 0 Å². The Labute approximate surface area is 173 Å². The van der Waals surface area contributed by atoms with Crippen LogP contribution in [0.25, 0.3) is 6.08 Å². The van der Waals surface area contributed by atoms with Gasteiger partial charge in [-0.25, -0.2) is 9.29 Å². The number of hydrogen-bond acceptors (Lipinski definition) is 5. The number of nitrogens with one attached hydrogen (secondary N) is 1. The minimum atomic E-state index is -0.767. The molecule has 3 rings (SSSR count). The zero-order valence-electron chi connectivity index (χ0n) is 14.5. The molecule has 9 heteroatoms. The highest BCUT2D eigenvalue weighted by Gasteiger charge is 2.35. The van der Waals surface area contributed by atoms with E-state index in [1.54, 1.807) is 13.0 Å². The Bertz CT molecular complexity index is 1020. The van der Waals surface area contributed by atoms with Gasteiger partial charge in [0, 0.05) is 4.47 Å². The minimum absolute atomic E-state index is 0.0665. The predicted octanol–water partition coefficient (Wildman–Crippen LogP) is 3.52. The first-order valence-electron chi connectivity index (χ1n) is 8.14. The number of halogens is 2. The molecule has 0 aliphatic carbocycles. The van der Waals surface area contributed by atoms with Crippen LogP contribution >= 0.6 is 28.1 Å². The zero-order valence-corrected chi connectivity index (χ0v) is 16.9. The number of aromatic hydroxyl groups is 1. The Morgan fingerprint density at radius 1 is 1.32 bits per heavy atom. The van der Waals surface area contributed by atoms with Crippen LogP contribution in [0.1, 0.15) is 12.5 Å². The van der Waals surface area contributed by atoms with E-state index in [9.17, 15) is 19.1 Å². The molecule has 1 aliphatic heterocycles. The van der Waals surface area contributed by atoms with Crippen molar-refractivity contribution < 1.29 is 23.8 Å². The van der Waals surface area contributed by atoms with Gasteiger partial charge in [0.15, 0.2) is 16.6 Å². The summed E-state index contributed by atoms with van der Waals surface area (Å²) in [5.74, 6) is -2.03. The lowest BCUT2D eigenvalue weighted by Gasteiger charge is -2.29. The van der Waals surface area contributed by atoms with Gasteiger partial charge in [-0.3, -0.25) is 14.9 Å². The van der Waals surface area contributed by atoms with Gasteiger partial charge in [-0.2, -0.15) is 0 Å². The molecular formula is C19H14BrFN2O4S. The van der Waals surface area contributed by atoms with Gasteiger partial charge in [0.1, 0.15) is 11.4 Å². The second-order valence-corrected chi connectivity index (χ2v) is 6.92. The molecule has 2 aromatic rings. The molecular weight excluding hydrogens is 451 g/mol. The molecule has 0 bridgehead atoms. The lowest BCUT2D eigenvalue weighted by atomic mass is 10.1. The number of thiocarbonyl (C=S) groups is 1. The highest BCUT2D eigenvalue weighted by atomic mass is 79.9. The summed E-state index contributed by atoms with van der Waals surface area (Å²) in [6, 6.07) is 8.49. The molecule has 144 valence electrons. The number of nitrogens with zero attached hydrogens (tertiary/aromatic N) is 1. The molecule has 1 fully saturated rings. The summed E-state index contributed by atoms with van der Waals surface area (Å²) in [5, 5.41) is 12.1. The minimum Gasteiger partial charge on any atom is -0.504 e. The normalized spacial score (nSPS) is 15.8. The summed E-state index contributed by atoms with van der Waals surface area (Å²) in [7, 11) is 0. The summed E-state index contributed by atoms with van der Waals surface area (Å²) in [4.78, 5) is 26.2. The number of carbonyl (C=O) groups excluding carboxylic acids is 2. The smallest absolute Gasteiger partial charge is 0.270 e. The van der Waals surface area contributed by atoms with Gasteiger partial charge in [-0.1, -0.05) is 28.1 Å². The lowest BCUT2D eigenvalue weighted by molar-refractivity contribution is -0.122. The third-order valence-electron chi connectivity index (χ3n) is 3.87. The lowest BCUT2D eigenvalue weighted by Crippen LogP contribution is -2.54. The molecule has 28 heavy (non-hydrogen) atoms. The van der Waals surface area contributed by atoms with Crippen molar-refractivity contribution >= 4 is 56.8 Å². The van der Waals surface area contributed by atoms with Crippen molar-refractivity contribution in [2.24, 2.45) is 0 Å². The van der Waals surface area contributed by atoms with E-state index in [1.807, 2.05) is 0 Å². The van der Waals surface area contributed by atoms with Crippen molar-refractivity contribution in [1.82, 2.24) is 5.32 Å². The second kappa shape index (κ2) is 8.07. The molecule has 0 saturated carbocycles. The van der Waals surface area contributed by atoms with Crippen LogP contribution in [0, 0.1) is 5.82 Å². The summed E-state index contributed by atoms with van der Waals surface area (Å²) >= 11 is 8.34. The van der Waals surface area contributed by atoms with Crippen molar-refractivity contribution in [3.05, 3.63) is 57.8 Å². The third kappa shape index (κ3) is 3.76. The van der Waals surface area contributed by atoms with Crippen LogP contribution in [-0.2, 0) is 9.59 Å². The van der Waals surface area contributed by atoms with Crippen LogP contribution < -0.4 is 15.0 Å². The Morgan fingerprint density at radius 2 is 2.04 bits per heavy atom. The third-order valence-corrected chi connectivity index (χ3v) is 4.84. The molecule has 6 nitrogen and oxygen atoms in total. The van der Waals surface area contributed by atoms with E-state index in [0.29, 0.717) is 16.6 Å². The number of rotatable bonds is 4. The quantitative estimate of drug-likeness (QED) is 0.411. The fraction of sp³-hybridized carbons (Fsp3) is 0.105. The Kier molecular flexibility index (Phi) is 5.76. The first kappa shape index (κ1) is 20.0. The Balaban J connectivity index is 2.07. The van der Waals surface area contributed by atoms with Gasteiger partial charge in [-0.15, -0.1) is 0 Å². The molecule has 1 aliphatic rings. The number of amides is 2. The summed E-state index contributed by atoms with van der Waals surface area (Å²) in [6.45, 7) is 2.07. The topological polar surface area (TPSA) is 78.9 Å². The van der Waals surface area contributed by atoms with Crippen molar-refractivity contribution in [3.63, 3.8) is 0 Å². The fourth-order valence-electron chi connectivity index (χ4n) is 2.61. The van der Waals surface area contributed by atoms with E-state index in [4.69, 9.17) is 17.0 Å². The molecule has 0 atom stereocenters. The van der Waals surface area contributed by atoms with E-state index in [-0.39, 0.29) is 27.9 Å². The highest BCUT2D eigenvalue weighted by molar-refractivity contribution is 9.10. The standard InChI is InChI=1S/C19H14BrFN2O4S/c1-2-27-16-8-10(12(20)9-15(16)24)7-11-17(25)22-19(28)23(18(11)26)14-6-4-3-5-13(14)21/h3-9,24H,2H2,1H3,(H,22,25,28)/b11-7+. The van der Waals surface area contributed by atoms with Crippen LogP contribution in [0.3, 0.4) is 0 Å². The van der Waals surface area contributed by atoms with E-state index in [0.717, 1.165) is 4.90 Å². The molecule has 0 aromatic heterocycles. The van der Waals surface area contributed by atoms with E-state index < -0.39 is 17.6 Å². The molecule has 1 saturated heterocycles. The second-order valence-electron chi connectivity index (χ2n) is 5.68. The van der Waals surface area contributed by atoms with Crippen molar-refractivity contribution in [2.75, 3.05) is 11.5 Å². The average molecular weight is 465 g/mol. The zero-order chi connectivity index (χ0) is 20.4. The van der Waals surface area contributed by atoms with Crippen LogP contribution in [0.15, 0.2) is 46.4 Å². The number of carbonyl (C=O) groups is 2.